The smallest absolute Gasteiger partial charge is 0.123 e. The van der Waals surface area contributed by atoms with Gasteiger partial charge < -0.3 is 0 Å². The van der Waals surface area contributed by atoms with E-state index in [4.69, 9.17) is 0 Å². The third-order valence-corrected chi connectivity index (χ3v) is 2.65. The highest BCUT2D eigenvalue weighted by Gasteiger charge is 2.01. The van der Waals surface area contributed by atoms with Gasteiger partial charge in [0.2, 0.25) is 0 Å². The predicted octanol–water partition coefficient (Wildman–Crippen LogP) is 3.14. The summed E-state index contributed by atoms with van der Waals surface area (Å²) in [5, 5.41) is 4.11. The second-order valence-corrected chi connectivity index (χ2v) is 4.06. The molecule has 1 N–H and O–H groups in total. The van der Waals surface area contributed by atoms with Gasteiger partial charge in [0.15, 0.2) is 0 Å². The van der Waals surface area contributed by atoms with E-state index in [0.717, 1.165) is 37.2 Å². The first kappa shape index (κ1) is 14.6. The summed E-state index contributed by atoms with van der Waals surface area (Å²) in [7, 11) is 0. The summed E-state index contributed by atoms with van der Waals surface area (Å²) in [4.78, 5) is 4.40. The molecule has 1 aliphatic heterocycles. The third kappa shape index (κ3) is 4.84. The highest BCUT2D eigenvalue weighted by atomic mass is 35.5. The van der Waals surface area contributed by atoms with Crippen molar-refractivity contribution in [2.75, 3.05) is 6.54 Å². The standard InChI is InChI=1S/C13H16FN3.ClH/c14-12-7-5-11(6-8-12)10-16-17-13-4-2-1-3-9-15-13;/h5-8,10H,1-4,9H2,(H,15,17);1H/b16-10+;. The Kier molecular flexibility index (Phi) is 6.36. The van der Waals surface area contributed by atoms with Gasteiger partial charge in [-0.2, -0.15) is 5.10 Å². The molecular weight excluding hydrogens is 253 g/mol. The fourth-order valence-corrected chi connectivity index (χ4v) is 1.70. The molecule has 0 saturated carbocycles. The molecule has 98 valence electrons. The summed E-state index contributed by atoms with van der Waals surface area (Å²) in [6, 6.07) is 6.22. The van der Waals surface area contributed by atoms with Gasteiger partial charge in [-0.3, -0.25) is 10.4 Å². The molecule has 5 heteroatoms. The van der Waals surface area contributed by atoms with Crippen LogP contribution in [0.1, 0.15) is 31.2 Å². The Balaban J connectivity index is 0.00000162. The largest absolute Gasteiger partial charge is 0.271 e. The van der Waals surface area contributed by atoms with Crippen LogP contribution < -0.4 is 5.43 Å². The number of benzene rings is 1. The number of amidine groups is 1. The second kappa shape index (κ2) is 7.82. The van der Waals surface area contributed by atoms with Gasteiger partial charge in [-0.15, -0.1) is 12.4 Å². The molecule has 0 aliphatic carbocycles. The Bertz CT molecular complexity index is 415. The number of aliphatic imine (C=N–C) groups is 1. The summed E-state index contributed by atoms with van der Waals surface area (Å²) in [5.41, 5.74) is 3.82. The van der Waals surface area contributed by atoms with Crippen molar-refractivity contribution < 1.29 is 4.39 Å². The normalized spacial score (nSPS) is 15.7. The van der Waals surface area contributed by atoms with Crippen LogP contribution in [0.25, 0.3) is 0 Å². The number of rotatable bonds is 2. The maximum Gasteiger partial charge on any atom is 0.123 e. The molecule has 0 spiro atoms. The van der Waals surface area contributed by atoms with Gasteiger partial charge in [-0.1, -0.05) is 18.6 Å². The molecule has 1 aromatic rings. The van der Waals surface area contributed by atoms with Crippen molar-refractivity contribution in [1.82, 2.24) is 5.43 Å². The molecule has 2 rings (SSSR count). The molecule has 0 radical (unpaired) electrons. The zero-order valence-electron chi connectivity index (χ0n) is 10.1. The Hall–Kier alpha value is -1.42. The molecule has 0 atom stereocenters. The van der Waals surface area contributed by atoms with Gasteiger partial charge in [-0.05, 0) is 30.5 Å². The van der Waals surface area contributed by atoms with E-state index < -0.39 is 0 Å². The molecule has 3 nitrogen and oxygen atoms in total. The van der Waals surface area contributed by atoms with E-state index in [0.29, 0.717) is 0 Å². The van der Waals surface area contributed by atoms with Crippen LogP contribution in [-0.2, 0) is 0 Å². The number of nitrogens with zero attached hydrogens (tertiary/aromatic N) is 2. The molecule has 1 heterocycles. The first-order chi connectivity index (χ1) is 8.34. The molecule has 0 amide bonds. The van der Waals surface area contributed by atoms with Crippen LogP contribution in [0.5, 0.6) is 0 Å². The van der Waals surface area contributed by atoms with Crippen LogP contribution in [-0.4, -0.2) is 18.6 Å². The van der Waals surface area contributed by atoms with Crippen LogP contribution in [0.3, 0.4) is 0 Å². The Labute approximate surface area is 113 Å². The minimum atomic E-state index is -0.233. The van der Waals surface area contributed by atoms with Crippen LogP contribution in [0.15, 0.2) is 34.4 Å². The topological polar surface area (TPSA) is 36.8 Å². The Morgan fingerprint density at radius 3 is 2.72 bits per heavy atom. The van der Waals surface area contributed by atoms with Crippen LogP contribution in [0.4, 0.5) is 4.39 Å². The van der Waals surface area contributed by atoms with E-state index in [-0.39, 0.29) is 18.2 Å². The average Bonchev–Trinajstić information content (AvgIpc) is 2.60. The molecule has 0 saturated heterocycles. The zero-order chi connectivity index (χ0) is 11.9. The molecule has 0 fully saturated rings. The fraction of sp³-hybridized carbons (Fsp3) is 0.385. The van der Waals surface area contributed by atoms with E-state index in [9.17, 15) is 4.39 Å². The Morgan fingerprint density at radius 1 is 1.17 bits per heavy atom. The van der Waals surface area contributed by atoms with Crippen molar-refractivity contribution in [3.05, 3.63) is 35.6 Å². The summed E-state index contributed by atoms with van der Waals surface area (Å²) in [6.45, 7) is 0.883. The van der Waals surface area contributed by atoms with Crippen molar-refractivity contribution >= 4 is 24.5 Å². The summed E-state index contributed by atoms with van der Waals surface area (Å²) in [5.74, 6) is 0.712. The van der Waals surface area contributed by atoms with Crippen molar-refractivity contribution in [3.8, 4) is 0 Å². The van der Waals surface area contributed by atoms with Crippen LogP contribution in [0, 0.1) is 5.82 Å². The predicted molar refractivity (Wildman–Crippen MR) is 75.1 cm³/mol. The minimum Gasteiger partial charge on any atom is -0.271 e. The van der Waals surface area contributed by atoms with E-state index in [2.05, 4.69) is 15.5 Å². The van der Waals surface area contributed by atoms with Gasteiger partial charge in [0.25, 0.3) is 0 Å². The maximum atomic E-state index is 12.7. The number of halogens is 2. The number of hydrazone groups is 1. The fourth-order valence-electron chi connectivity index (χ4n) is 1.70. The van der Waals surface area contributed by atoms with Crippen molar-refractivity contribution in [2.24, 2.45) is 10.1 Å². The number of hydrogen-bond acceptors (Lipinski definition) is 3. The Morgan fingerprint density at radius 2 is 1.94 bits per heavy atom. The SMILES string of the molecule is Cl.Fc1ccc(/C=N/NC2=NCCCCC2)cc1. The van der Waals surface area contributed by atoms with Gasteiger partial charge >= 0.3 is 0 Å². The van der Waals surface area contributed by atoms with Gasteiger partial charge in [0.05, 0.1) is 6.21 Å². The van der Waals surface area contributed by atoms with E-state index in [1.165, 1.54) is 18.6 Å². The summed E-state index contributed by atoms with van der Waals surface area (Å²) in [6.07, 6.45) is 6.19. The monoisotopic (exact) mass is 269 g/mol. The first-order valence-corrected chi connectivity index (χ1v) is 5.92. The zero-order valence-corrected chi connectivity index (χ0v) is 10.9. The lowest BCUT2D eigenvalue weighted by atomic mass is 10.2. The van der Waals surface area contributed by atoms with E-state index >= 15 is 0 Å². The van der Waals surface area contributed by atoms with E-state index in [1.54, 1.807) is 18.3 Å². The third-order valence-electron chi connectivity index (χ3n) is 2.65. The quantitative estimate of drug-likeness (QED) is 0.650. The van der Waals surface area contributed by atoms with Crippen molar-refractivity contribution in [1.29, 1.82) is 0 Å². The molecular formula is C13H17ClFN3. The first-order valence-electron chi connectivity index (χ1n) is 5.92. The van der Waals surface area contributed by atoms with Gasteiger partial charge in [-0.25, -0.2) is 4.39 Å². The van der Waals surface area contributed by atoms with Crippen molar-refractivity contribution in [2.45, 2.75) is 25.7 Å². The molecule has 0 unspecified atom stereocenters. The maximum absolute atomic E-state index is 12.7. The lowest BCUT2D eigenvalue weighted by Crippen LogP contribution is -2.17. The average molecular weight is 270 g/mol. The highest BCUT2D eigenvalue weighted by Crippen LogP contribution is 2.06. The number of hydrogen-bond donors (Lipinski definition) is 1. The molecule has 1 aromatic carbocycles. The number of nitrogens with one attached hydrogen (secondary N) is 1. The summed E-state index contributed by atoms with van der Waals surface area (Å²) < 4.78 is 12.7. The molecule has 18 heavy (non-hydrogen) atoms. The summed E-state index contributed by atoms with van der Waals surface area (Å²) >= 11 is 0. The van der Waals surface area contributed by atoms with Crippen LogP contribution in [0.2, 0.25) is 0 Å². The molecule has 0 bridgehead atoms. The highest BCUT2D eigenvalue weighted by molar-refractivity contribution is 5.85. The second-order valence-electron chi connectivity index (χ2n) is 4.06. The molecule has 1 aliphatic rings. The van der Waals surface area contributed by atoms with Crippen LogP contribution >= 0.6 is 12.4 Å². The van der Waals surface area contributed by atoms with Crippen molar-refractivity contribution in [3.63, 3.8) is 0 Å². The molecule has 0 aromatic heterocycles. The van der Waals surface area contributed by atoms with E-state index in [1.807, 2.05) is 0 Å². The van der Waals surface area contributed by atoms with Gasteiger partial charge in [0, 0.05) is 13.0 Å². The minimum absolute atomic E-state index is 0. The lowest BCUT2D eigenvalue weighted by molar-refractivity contribution is 0.628. The van der Waals surface area contributed by atoms with Gasteiger partial charge in [0.1, 0.15) is 11.7 Å². The lowest BCUT2D eigenvalue weighted by Gasteiger charge is -2.01.